The number of nitrogens with one attached hydrogen (secondary N) is 2. The molecule has 2 aliphatic heterocycles. The van der Waals surface area contributed by atoms with E-state index in [9.17, 15) is 19.5 Å². The number of likely N-dealkylation sites (tertiary alicyclic amines) is 1. The van der Waals surface area contributed by atoms with E-state index in [-0.39, 0.29) is 17.6 Å². The number of rotatable bonds is 4. The van der Waals surface area contributed by atoms with E-state index < -0.39 is 17.0 Å². The molecule has 1 saturated heterocycles. The number of aromatic carboxylic acids is 1. The van der Waals surface area contributed by atoms with Gasteiger partial charge in [-0.1, -0.05) is 6.08 Å². The predicted octanol–water partition coefficient (Wildman–Crippen LogP) is 1.40. The first-order valence-corrected chi connectivity index (χ1v) is 12.1. The van der Waals surface area contributed by atoms with Crippen LogP contribution in [0.5, 0.6) is 0 Å². The van der Waals surface area contributed by atoms with Gasteiger partial charge in [-0.15, -0.1) is 0 Å². The second-order valence-corrected chi connectivity index (χ2v) is 10.5. The summed E-state index contributed by atoms with van der Waals surface area (Å²) in [5.41, 5.74) is 1.75. The number of anilines is 1. The van der Waals surface area contributed by atoms with Gasteiger partial charge in [0.05, 0.1) is 18.6 Å². The number of aromatic amines is 1. The average molecular weight is 495 g/mol. The van der Waals surface area contributed by atoms with E-state index in [1.807, 2.05) is 39.1 Å². The van der Waals surface area contributed by atoms with Crippen LogP contribution < -0.4 is 21.3 Å². The van der Waals surface area contributed by atoms with Crippen molar-refractivity contribution < 1.29 is 24.2 Å². The highest BCUT2D eigenvalue weighted by Gasteiger charge is 2.33. The largest absolute Gasteiger partial charge is 0.477 e. The fourth-order valence-electron chi connectivity index (χ4n) is 4.94. The number of aromatic nitrogens is 2. The number of pyridine rings is 2. The van der Waals surface area contributed by atoms with Crippen molar-refractivity contribution in [3.05, 3.63) is 55.9 Å². The second-order valence-electron chi connectivity index (χ2n) is 10.5. The van der Waals surface area contributed by atoms with Crippen LogP contribution in [-0.4, -0.2) is 63.9 Å². The number of carboxylic acid groups (broad SMARTS) is 1. The Morgan fingerprint density at radius 1 is 1.31 bits per heavy atom. The summed E-state index contributed by atoms with van der Waals surface area (Å²) < 4.78 is 11.4. The average Bonchev–Trinajstić information content (AvgIpc) is 2.96. The Bertz CT molecular complexity index is 1400. The van der Waals surface area contributed by atoms with Gasteiger partial charge in [0, 0.05) is 49.1 Å². The third kappa shape index (κ3) is 4.60. The van der Waals surface area contributed by atoms with E-state index in [4.69, 9.17) is 9.47 Å². The molecule has 10 heteroatoms. The lowest BCUT2D eigenvalue weighted by Crippen LogP contribution is -2.53. The minimum atomic E-state index is -1.24. The highest BCUT2D eigenvalue weighted by Crippen LogP contribution is 2.35. The number of H-pyrrole nitrogens is 1. The standard InChI is InChI=1S/C26H30N4O6/c1-26(2,3)36-25(34)30-10-14(11-30)7-27-21-6-15-12-35-13-20-16(18(15)8-28-21)4-5-17-22(20)29-9-19(23(17)31)24(32)33/h5-6,8-9,14,16,29H,4,7,10-13H2,1-3H3,(H,27,28)(H,32,33). The first-order valence-electron chi connectivity index (χ1n) is 12.1. The molecule has 36 heavy (non-hydrogen) atoms. The molecule has 1 atom stereocenters. The van der Waals surface area contributed by atoms with Gasteiger partial charge >= 0.3 is 12.1 Å². The van der Waals surface area contributed by atoms with E-state index in [1.165, 1.54) is 6.20 Å². The quantitative estimate of drug-likeness (QED) is 0.581. The summed E-state index contributed by atoms with van der Waals surface area (Å²) in [4.78, 5) is 45.5. The molecular formula is C26H30N4O6. The highest BCUT2D eigenvalue weighted by molar-refractivity contribution is 5.87. The molecule has 1 aliphatic carbocycles. The van der Waals surface area contributed by atoms with E-state index >= 15 is 0 Å². The lowest BCUT2D eigenvalue weighted by molar-refractivity contribution is 0.000823. The van der Waals surface area contributed by atoms with Crippen molar-refractivity contribution in [2.75, 3.05) is 31.6 Å². The molecule has 2 aromatic heterocycles. The number of hydrogen-bond acceptors (Lipinski definition) is 7. The third-order valence-corrected chi connectivity index (χ3v) is 6.74. The van der Waals surface area contributed by atoms with Gasteiger partial charge in [0.25, 0.3) is 0 Å². The third-order valence-electron chi connectivity index (χ3n) is 6.74. The highest BCUT2D eigenvalue weighted by atomic mass is 16.6. The fraction of sp³-hybridized carbons (Fsp3) is 0.462. The summed E-state index contributed by atoms with van der Waals surface area (Å²) in [5.74, 6) is -0.176. The van der Waals surface area contributed by atoms with Gasteiger partial charge in [0.15, 0.2) is 0 Å². The minimum Gasteiger partial charge on any atom is -0.477 e. The second kappa shape index (κ2) is 9.09. The summed E-state index contributed by atoms with van der Waals surface area (Å²) in [6.07, 6.45) is 5.21. The van der Waals surface area contributed by atoms with Gasteiger partial charge in [-0.25, -0.2) is 14.6 Å². The maximum Gasteiger partial charge on any atom is 0.410 e. The molecule has 1 unspecified atom stereocenters. The van der Waals surface area contributed by atoms with Gasteiger partial charge in [-0.2, -0.15) is 0 Å². The lowest BCUT2D eigenvalue weighted by Gasteiger charge is -2.39. The Kier molecular flexibility index (Phi) is 6.07. The maximum atomic E-state index is 12.6. The van der Waals surface area contributed by atoms with Crippen molar-refractivity contribution in [3.63, 3.8) is 0 Å². The molecule has 1 amide bonds. The zero-order chi connectivity index (χ0) is 25.6. The number of carbonyl (C=O) groups is 2. The number of hydrogen-bond donors (Lipinski definition) is 3. The maximum absolute atomic E-state index is 12.6. The van der Waals surface area contributed by atoms with Crippen LogP contribution in [0.2, 0.25) is 0 Å². The summed E-state index contributed by atoms with van der Waals surface area (Å²) in [7, 11) is 0. The zero-order valence-electron chi connectivity index (χ0n) is 20.6. The van der Waals surface area contributed by atoms with Crippen LogP contribution in [0.4, 0.5) is 10.6 Å². The molecule has 0 aromatic carbocycles. The fourth-order valence-corrected chi connectivity index (χ4v) is 4.94. The topological polar surface area (TPSA) is 134 Å². The van der Waals surface area contributed by atoms with Crippen molar-refractivity contribution in [1.82, 2.24) is 14.9 Å². The summed E-state index contributed by atoms with van der Waals surface area (Å²) in [6, 6.07) is 1.99. The van der Waals surface area contributed by atoms with Crippen LogP contribution in [0.25, 0.3) is 11.6 Å². The van der Waals surface area contributed by atoms with Crippen LogP contribution in [0.3, 0.4) is 0 Å². The molecule has 190 valence electrons. The monoisotopic (exact) mass is 494 g/mol. The van der Waals surface area contributed by atoms with Crippen LogP contribution >= 0.6 is 0 Å². The first-order chi connectivity index (χ1) is 17.1. The molecular weight excluding hydrogens is 464 g/mol. The van der Waals surface area contributed by atoms with E-state index in [0.717, 1.165) is 22.5 Å². The normalized spacial score (nSPS) is 19.1. The molecule has 4 heterocycles. The molecule has 0 saturated carbocycles. The summed E-state index contributed by atoms with van der Waals surface area (Å²) in [5, 5.41) is 13.7. The smallest absolute Gasteiger partial charge is 0.410 e. The molecule has 0 bridgehead atoms. The molecule has 3 aliphatic rings. The molecule has 3 N–H and O–H groups in total. The Labute approximate surface area is 207 Å². The van der Waals surface area contributed by atoms with Crippen molar-refractivity contribution in [2.45, 2.75) is 45.3 Å². The molecule has 1 fully saturated rings. The number of nitrogens with zero attached hydrogens (tertiary/aromatic N) is 2. The first kappa shape index (κ1) is 24.1. The van der Waals surface area contributed by atoms with Crippen molar-refractivity contribution in [1.29, 1.82) is 0 Å². The van der Waals surface area contributed by atoms with Gasteiger partial charge in [0.2, 0.25) is 5.43 Å². The Hall–Kier alpha value is -3.66. The van der Waals surface area contributed by atoms with Crippen molar-refractivity contribution >= 4 is 29.5 Å². The summed E-state index contributed by atoms with van der Waals surface area (Å²) in [6.45, 7) is 8.31. The van der Waals surface area contributed by atoms with Gasteiger partial charge in [-0.05, 0) is 50.0 Å². The number of fused-ring (bicyclic) bond motifs is 4. The van der Waals surface area contributed by atoms with Crippen LogP contribution in [0.1, 0.15) is 54.6 Å². The Balaban J connectivity index is 1.29. The Morgan fingerprint density at radius 3 is 2.81 bits per heavy atom. The van der Waals surface area contributed by atoms with Gasteiger partial charge < -0.3 is 29.8 Å². The molecule has 5 rings (SSSR count). The number of carboxylic acids is 1. The van der Waals surface area contributed by atoms with Crippen LogP contribution in [0.15, 0.2) is 23.3 Å². The van der Waals surface area contributed by atoms with Gasteiger partial charge in [0.1, 0.15) is 17.0 Å². The molecule has 0 spiro atoms. The number of ether oxygens (including phenoxy) is 2. The van der Waals surface area contributed by atoms with Crippen molar-refractivity contribution in [2.24, 2.45) is 5.92 Å². The molecule has 10 nitrogen and oxygen atoms in total. The zero-order valence-corrected chi connectivity index (χ0v) is 20.6. The van der Waals surface area contributed by atoms with Crippen molar-refractivity contribution in [3.8, 4) is 0 Å². The predicted molar refractivity (Wildman–Crippen MR) is 132 cm³/mol. The summed E-state index contributed by atoms with van der Waals surface area (Å²) >= 11 is 0. The molecule has 0 radical (unpaired) electrons. The van der Waals surface area contributed by atoms with E-state index in [1.54, 1.807) is 4.90 Å². The van der Waals surface area contributed by atoms with Gasteiger partial charge in [-0.3, -0.25) is 4.79 Å². The SMILES string of the molecule is CC(C)(C)OC(=O)N1CC(CNc2cc3c(cn2)C2CC=c4c([nH]cc(C(=O)O)c4=O)=C2COC3)C1. The van der Waals surface area contributed by atoms with E-state index in [2.05, 4.69) is 15.3 Å². The lowest BCUT2D eigenvalue weighted by atomic mass is 9.84. The number of amides is 1. The molecule has 2 aromatic rings. The Morgan fingerprint density at radius 2 is 2.08 bits per heavy atom. The van der Waals surface area contributed by atoms with Crippen LogP contribution in [-0.2, 0) is 16.1 Å². The van der Waals surface area contributed by atoms with E-state index in [0.29, 0.717) is 55.8 Å². The van der Waals surface area contributed by atoms with Crippen LogP contribution in [0, 0.1) is 5.92 Å². The minimum absolute atomic E-state index is 0.00287. The number of carbonyl (C=O) groups excluding carboxylic acids is 1.